The molecule has 2 heterocycles. The second kappa shape index (κ2) is 8.88. The maximum atomic E-state index is 13.2. The number of hydrogen-bond donors (Lipinski definition) is 1. The number of nitrogens with one attached hydrogen (secondary N) is 1. The van der Waals surface area contributed by atoms with Crippen LogP contribution in [-0.4, -0.2) is 57.6 Å². The van der Waals surface area contributed by atoms with Gasteiger partial charge < -0.3 is 10.1 Å². The van der Waals surface area contributed by atoms with Gasteiger partial charge >= 0.3 is 0 Å². The van der Waals surface area contributed by atoms with Gasteiger partial charge in [0.2, 0.25) is 0 Å². The molecule has 0 aliphatic carbocycles. The van der Waals surface area contributed by atoms with Crippen molar-refractivity contribution in [3.05, 3.63) is 70.8 Å². The molecule has 1 fully saturated rings. The van der Waals surface area contributed by atoms with Crippen molar-refractivity contribution in [3.63, 3.8) is 0 Å². The molecule has 1 saturated heterocycles. The number of hydrogen-bond acceptors (Lipinski definition) is 7. The number of sulfone groups is 1. The van der Waals surface area contributed by atoms with Crippen molar-refractivity contribution in [2.45, 2.75) is 25.9 Å². The topological polar surface area (TPSA) is 127 Å². The lowest BCUT2D eigenvalue weighted by Gasteiger charge is -2.17. The molecule has 180 valence electrons. The summed E-state index contributed by atoms with van der Waals surface area (Å²) in [5, 5.41) is 2.71. The standard InChI is InChI=1S/C23H24N2O7S2/c1-15-21(17-7-9-20(32-2)10-8-17)34(30,31)25(23(15)27)13-16-3-5-18(6-4-16)22(26)24-19-11-12-33(28,29)14-19/h3-10,19H,11-14H2,1-2H3,(H,24,26)/t19-/m0/s1. The maximum absolute atomic E-state index is 13.2. The first-order chi connectivity index (χ1) is 16.0. The summed E-state index contributed by atoms with van der Waals surface area (Å²) in [5.41, 5.74) is 1.38. The molecular weight excluding hydrogens is 480 g/mol. The summed E-state index contributed by atoms with van der Waals surface area (Å²) in [4.78, 5) is 25.2. The fourth-order valence-corrected chi connectivity index (χ4v) is 7.54. The Morgan fingerprint density at radius 2 is 1.71 bits per heavy atom. The Labute approximate surface area is 198 Å². The average Bonchev–Trinajstić information content (AvgIpc) is 3.22. The molecule has 0 spiro atoms. The number of rotatable bonds is 6. The molecule has 0 aromatic heterocycles. The van der Waals surface area contributed by atoms with Crippen LogP contribution < -0.4 is 10.1 Å². The molecule has 2 aliphatic heterocycles. The summed E-state index contributed by atoms with van der Waals surface area (Å²) in [5.74, 6) is -0.456. The molecule has 0 radical (unpaired) electrons. The largest absolute Gasteiger partial charge is 0.497 e. The van der Waals surface area contributed by atoms with Gasteiger partial charge in [-0.1, -0.05) is 12.1 Å². The molecule has 1 atom stereocenters. The van der Waals surface area contributed by atoms with E-state index in [0.29, 0.717) is 28.9 Å². The summed E-state index contributed by atoms with van der Waals surface area (Å²) in [7, 11) is -5.67. The van der Waals surface area contributed by atoms with Crippen molar-refractivity contribution >= 4 is 36.6 Å². The fraction of sp³-hybridized carbons (Fsp3) is 0.304. The van der Waals surface area contributed by atoms with Crippen molar-refractivity contribution in [3.8, 4) is 5.75 Å². The molecule has 2 amide bonds. The highest BCUT2D eigenvalue weighted by Gasteiger charge is 2.42. The van der Waals surface area contributed by atoms with Gasteiger partial charge in [-0.2, -0.15) is 0 Å². The molecule has 0 saturated carbocycles. The van der Waals surface area contributed by atoms with E-state index in [2.05, 4.69) is 5.32 Å². The molecule has 0 unspecified atom stereocenters. The first-order valence-corrected chi connectivity index (χ1v) is 13.8. The van der Waals surface area contributed by atoms with Crippen molar-refractivity contribution < 1.29 is 31.2 Å². The number of sulfonamides is 1. The third-order valence-electron chi connectivity index (χ3n) is 5.90. The van der Waals surface area contributed by atoms with Gasteiger partial charge in [0.15, 0.2) is 9.84 Å². The zero-order chi connectivity index (χ0) is 24.7. The lowest BCUT2D eigenvalue weighted by Crippen LogP contribution is -2.35. The summed E-state index contributed by atoms with van der Waals surface area (Å²) in [6.45, 7) is 1.30. The SMILES string of the molecule is COc1ccc(C2=C(C)C(=O)N(Cc3ccc(C(=O)N[C@H]4CCS(=O)(=O)C4)cc3)S2(=O)=O)cc1. The molecule has 11 heteroatoms. The van der Waals surface area contributed by atoms with Crippen LogP contribution in [0.4, 0.5) is 0 Å². The van der Waals surface area contributed by atoms with E-state index in [9.17, 15) is 26.4 Å². The Hall–Kier alpha value is -3.18. The number of carbonyl (C=O) groups is 2. The zero-order valence-electron chi connectivity index (χ0n) is 18.6. The van der Waals surface area contributed by atoms with E-state index in [-0.39, 0.29) is 28.5 Å². The van der Waals surface area contributed by atoms with Gasteiger partial charge in [-0.05, 0) is 60.9 Å². The van der Waals surface area contributed by atoms with Crippen LogP contribution in [0.25, 0.3) is 4.91 Å². The minimum atomic E-state index is -4.06. The average molecular weight is 505 g/mol. The summed E-state index contributed by atoms with van der Waals surface area (Å²) >= 11 is 0. The van der Waals surface area contributed by atoms with Crippen LogP contribution in [0.3, 0.4) is 0 Å². The molecule has 34 heavy (non-hydrogen) atoms. The Balaban J connectivity index is 1.48. The second-order valence-corrected chi connectivity index (χ2v) is 12.3. The highest BCUT2D eigenvalue weighted by atomic mass is 32.2. The monoisotopic (exact) mass is 504 g/mol. The van der Waals surface area contributed by atoms with E-state index in [1.165, 1.54) is 26.2 Å². The van der Waals surface area contributed by atoms with Crippen LogP contribution in [0.5, 0.6) is 5.75 Å². The number of methoxy groups -OCH3 is 1. The highest BCUT2D eigenvalue weighted by Crippen LogP contribution is 2.37. The molecule has 0 bridgehead atoms. The molecule has 9 nitrogen and oxygen atoms in total. The first kappa shape index (κ1) is 24.0. The Kier molecular flexibility index (Phi) is 6.26. The number of nitrogens with zero attached hydrogens (tertiary/aromatic N) is 1. The van der Waals surface area contributed by atoms with Crippen LogP contribution in [0.1, 0.15) is 34.8 Å². The predicted octanol–water partition coefficient (Wildman–Crippen LogP) is 1.72. The van der Waals surface area contributed by atoms with E-state index >= 15 is 0 Å². The zero-order valence-corrected chi connectivity index (χ0v) is 20.3. The Morgan fingerprint density at radius 1 is 1.06 bits per heavy atom. The minimum Gasteiger partial charge on any atom is -0.497 e. The Morgan fingerprint density at radius 3 is 2.26 bits per heavy atom. The normalized spacial score (nSPS) is 21.1. The number of benzene rings is 2. The number of carbonyl (C=O) groups excluding carboxylic acids is 2. The molecule has 2 aromatic carbocycles. The van der Waals surface area contributed by atoms with Crippen LogP contribution in [0, 0.1) is 0 Å². The van der Waals surface area contributed by atoms with Gasteiger partial charge in [-0.15, -0.1) is 0 Å². The van der Waals surface area contributed by atoms with E-state index in [0.717, 1.165) is 4.31 Å². The van der Waals surface area contributed by atoms with Gasteiger partial charge in [0, 0.05) is 17.2 Å². The quantitative estimate of drug-likeness (QED) is 0.635. The molecular formula is C23H24N2O7S2. The van der Waals surface area contributed by atoms with Gasteiger partial charge in [-0.25, -0.2) is 21.1 Å². The third kappa shape index (κ3) is 4.58. The van der Waals surface area contributed by atoms with E-state index in [1.807, 2.05) is 0 Å². The summed E-state index contributed by atoms with van der Waals surface area (Å²) in [6.07, 6.45) is 0.379. The third-order valence-corrected chi connectivity index (χ3v) is 9.60. The van der Waals surface area contributed by atoms with Crippen LogP contribution in [0.2, 0.25) is 0 Å². The van der Waals surface area contributed by atoms with Crippen molar-refractivity contribution in [2.24, 2.45) is 0 Å². The Bertz CT molecular complexity index is 1380. The molecule has 1 N–H and O–H groups in total. The smallest absolute Gasteiger partial charge is 0.268 e. The lowest BCUT2D eigenvalue weighted by molar-refractivity contribution is -0.122. The van der Waals surface area contributed by atoms with Crippen LogP contribution in [0.15, 0.2) is 54.1 Å². The van der Waals surface area contributed by atoms with Gasteiger partial charge in [0.1, 0.15) is 10.7 Å². The van der Waals surface area contributed by atoms with E-state index in [4.69, 9.17) is 4.74 Å². The molecule has 4 rings (SSSR count). The predicted molar refractivity (Wildman–Crippen MR) is 126 cm³/mol. The van der Waals surface area contributed by atoms with Crippen molar-refractivity contribution in [1.29, 1.82) is 0 Å². The molecule has 2 aliphatic rings. The number of amides is 2. The summed E-state index contributed by atoms with van der Waals surface area (Å²) < 4.78 is 55.5. The fourth-order valence-electron chi connectivity index (χ4n) is 4.07. The highest BCUT2D eigenvalue weighted by molar-refractivity contribution is 7.99. The molecule has 2 aromatic rings. The van der Waals surface area contributed by atoms with Crippen molar-refractivity contribution in [2.75, 3.05) is 18.6 Å². The van der Waals surface area contributed by atoms with E-state index < -0.39 is 37.7 Å². The van der Waals surface area contributed by atoms with Crippen molar-refractivity contribution in [1.82, 2.24) is 9.62 Å². The first-order valence-electron chi connectivity index (χ1n) is 10.5. The van der Waals surface area contributed by atoms with Crippen LogP contribution >= 0.6 is 0 Å². The van der Waals surface area contributed by atoms with Gasteiger partial charge in [-0.3, -0.25) is 9.59 Å². The van der Waals surface area contributed by atoms with Crippen LogP contribution in [-0.2, 0) is 31.2 Å². The second-order valence-electron chi connectivity index (χ2n) is 8.27. The van der Waals surface area contributed by atoms with Gasteiger partial charge in [0.05, 0.1) is 25.2 Å². The minimum absolute atomic E-state index is 0.0392. The van der Waals surface area contributed by atoms with Gasteiger partial charge in [0.25, 0.3) is 21.8 Å². The van der Waals surface area contributed by atoms with E-state index in [1.54, 1.807) is 36.4 Å². The number of ether oxygens (including phenoxy) is 1. The lowest BCUT2D eigenvalue weighted by atomic mass is 10.1. The maximum Gasteiger partial charge on any atom is 0.268 e. The summed E-state index contributed by atoms with van der Waals surface area (Å²) in [6, 6.07) is 12.2.